The van der Waals surface area contributed by atoms with Crippen LogP contribution in [0.15, 0.2) is 47.0 Å². The molecule has 0 radical (unpaired) electrons. The van der Waals surface area contributed by atoms with Crippen LogP contribution in [0.3, 0.4) is 0 Å². The SMILES string of the molecule is COc1ccc(CCNC(=O)CCc2nc(-c3ccc(N4CCCC4)cc3)no2)cc1OC. The molecule has 1 aromatic heterocycles. The lowest BCUT2D eigenvalue weighted by molar-refractivity contribution is -0.121. The van der Waals surface area contributed by atoms with E-state index >= 15 is 0 Å². The highest BCUT2D eigenvalue weighted by Gasteiger charge is 2.14. The first-order chi connectivity index (χ1) is 16.2. The maximum Gasteiger partial charge on any atom is 0.227 e. The number of aryl methyl sites for hydroxylation is 1. The minimum Gasteiger partial charge on any atom is -0.493 e. The van der Waals surface area contributed by atoms with E-state index in [1.54, 1.807) is 14.2 Å². The van der Waals surface area contributed by atoms with Crippen LogP contribution in [0.25, 0.3) is 11.4 Å². The Kier molecular flexibility index (Phi) is 7.44. The maximum atomic E-state index is 12.2. The second-order valence-corrected chi connectivity index (χ2v) is 8.04. The summed E-state index contributed by atoms with van der Waals surface area (Å²) in [5.74, 6) is 2.33. The molecular formula is C25H30N4O4. The fourth-order valence-electron chi connectivity index (χ4n) is 3.96. The van der Waals surface area contributed by atoms with Crippen molar-refractivity contribution in [3.8, 4) is 22.9 Å². The van der Waals surface area contributed by atoms with Crippen LogP contribution < -0.4 is 19.7 Å². The van der Waals surface area contributed by atoms with Crippen LogP contribution in [0.4, 0.5) is 5.69 Å². The molecule has 8 heteroatoms. The van der Waals surface area contributed by atoms with Gasteiger partial charge in [-0.2, -0.15) is 4.98 Å². The lowest BCUT2D eigenvalue weighted by Gasteiger charge is -2.17. The number of nitrogens with zero attached hydrogens (tertiary/aromatic N) is 3. The molecule has 1 amide bonds. The van der Waals surface area contributed by atoms with Gasteiger partial charge in [0.1, 0.15) is 0 Å². The van der Waals surface area contributed by atoms with Gasteiger partial charge in [-0.3, -0.25) is 4.79 Å². The van der Waals surface area contributed by atoms with Crippen LogP contribution in [0.1, 0.15) is 30.7 Å². The average molecular weight is 451 g/mol. The van der Waals surface area contributed by atoms with E-state index < -0.39 is 0 Å². The highest BCUT2D eigenvalue weighted by Crippen LogP contribution is 2.27. The molecule has 3 aromatic rings. The minimum absolute atomic E-state index is 0.0507. The van der Waals surface area contributed by atoms with E-state index in [4.69, 9.17) is 14.0 Å². The molecule has 8 nitrogen and oxygen atoms in total. The number of amides is 1. The predicted octanol–water partition coefficient (Wildman–Crippen LogP) is 3.65. The molecule has 2 heterocycles. The number of hydrogen-bond acceptors (Lipinski definition) is 7. The summed E-state index contributed by atoms with van der Waals surface area (Å²) in [6, 6.07) is 14.0. The van der Waals surface area contributed by atoms with Gasteiger partial charge in [0.2, 0.25) is 17.6 Å². The monoisotopic (exact) mass is 450 g/mol. The number of ether oxygens (including phenoxy) is 2. The molecule has 33 heavy (non-hydrogen) atoms. The van der Waals surface area contributed by atoms with E-state index in [1.165, 1.54) is 18.5 Å². The molecule has 0 bridgehead atoms. The molecule has 4 rings (SSSR count). The largest absolute Gasteiger partial charge is 0.493 e. The molecule has 2 aromatic carbocycles. The molecule has 1 N–H and O–H groups in total. The van der Waals surface area contributed by atoms with Gasteiger partial charge >= 0.3 is 0 Å². The zero-order chi connectivity index (χ0) is 23.0. The zero-order valence-electron chi connectivity index (χ0n) is 19.2. The third-order valence-electron chi connectivity index (χ3n) is 5.81. The molecule has 0 spiro atoms. The van der Waals surface area contributed by atoms with E-state index in [0.29, 0.717) is 49.0 Å². The topological polar surface area (TPSA) is 89.7 Å². The Labute approximate surface area is 193 Å². The summed E-state index contributed by atoms with van der Waals surface area (Å²) in [4.78, 5) is 19.0. The summed E-state index contributed by atoms with van der Waals surface area (Å²) >= 11 is 0. The summed E-state index contributed by atoms with van der Waals surface area (Å²) in [5.41, 5.74) is 3.20. The highest BCUT2D eigenvalue weighted by atomic mass is 16.5. The van der Waals surface area contributed by atoms with Gasteiger partial charge in [-0.1, -0.05) is 11.2 Å². The number of hydrogen-bond donors (Lipinski definition) is 1. The Balaban J connectivity index is 1.22. The van der Waals surface area contributed by atoms with Gasteiger partial charge in [0, 0.05) is 43.7 Å². The molecule has 0 aliphatic carbocycles. The smallest absolute Gasteiger partial charge is 0.227 e. The molecule has 1 fully saturated rings. The Morgan fingerprint density at radius 1 is 1.03 bits per heavy atom. The standard InChI is InChI=1S/C25H30N4O4/c1-31-21-10-5-18(17-22(21)32-2)13-14-26-23(30)11-12-24-27-25(28-33-24)19-6-8-20(9-7-19)29-15-3-4-16-29/h5-10,17H,3-4,11-16H2,1-2H3,(H,26,30). The number of anilines is 1. The van der Waals surface area contributed by atoms with Gasteiger partial charge in [0.15, 0.2) is 11.5 Å². The molecule has 1 aliphatic rings. The third kappa shape index (κ3) is 5.83. The van der Waals surface area contributed by atoms with Gasteiger partial charge in [-0.15, -0.1) is 0 Å². The first kappa shape index (κ1) is 22.6. The van der Waals surface area contributed by atoms with Gasteiger partial charge in [0.05, 0.1) is 14.2 Å². The highest BCUT2D eigenvalue weighted by molar-refractivity contribution is 5.76. The lowest BCUT2D eigenvalue weighted by atomic mass is 10.1. The van der Waals surface area contributed by atoms with Gasteiger partial charge < -0.3 is 24.2 Å². The zero-order valence-corrected chi connectivity index (χ0v) is 19.2. The first-order valence-electron chi connectivity index (χ1n) is 11.3. The van der Waals surface area contributed by atoms with Crippen molar-refractivity contribution in [1.82, 2.24) is 15.5 Å². The maximum absolute atomic E-state index is 12.2. The van der Waals surface area contributed by atoms with Crippen molar-refractivity contribution in [2.75, 3.05) is 38.8 Å². The molecular weight excluding hydrogens is 420 g/mol. The Bertz CT molecular complexity index is 1060. The van der Waals surface area contributed by atoms with Gasteiger partial charge in [0.25, 0.3) is 0 Å². The second-order valence-electron chi connectivity index (χ2n) is 8.04. The molecule has 174 valence electrons. The molecule has 1 aliphatic heterocycles. The van der Waals surface area contributed by atoms with E-state index in [1.807, 2.05) is 30.3 Å². The van der Waals surface area contributed by atoms with Crippen LogP contribution in [0.2, 0.25) is 0 Å². The molecule has 0 atom stereocenters. The number of carbonyl (C=O) groups is 1. The van der Waals surface area contributed by atoms with E-state index in [0.717, 1.165) is 24.2 Å². The van der Waals surface area contributed by atoms with Crippen LogP contribution in [0, 0.1) is 0 Å². The quantitative estimate of drug-likeness (QED) is 0.504. The normalized spacial score (nSPS) is 13.2. The van der Waals surface area contributed by atoms with Crippen LogP contribution in [-0.2, 0) is 17.6 Å². The number of rotatable bonds is 10. The van der Waals surface area contributed by atoms with Crippen molar-refractivity contribution in [2.45, 2.75) is 32.1 Å². The van der Waals surface area contributed by atoms with E-state index in [2.05, 4.69) is 32.5 Å². The van der Waals surface area contributed by atoms with Crippen LogP contribution in [0.5, 0.6) is 11.5 Å². The van der Waals surface area contributed by atoms with Gasteiger partial charge in [-0.05, 0) is 61.2 Å². The minimum atomic E-state index is -0.0507. The van der Waals surface area contributed by atoms with Crippen molar-refractivity contribution in [3.05, 3.63) is 53.9 Å². The number of benzene rings is 2. The van der Waals surface area contributed by atoms with Gasteiger partial charge in [-0.25, -0.2) is 0 Å². The molecule has 0 unspecified atom stereocenters. The van der Waals surface area contributed by atoms with Crippen molar-refractivity contribution in [2.24, 2.45) is 0 Å². The fraction of sp³-hybridized carbons (Fsp3) is 0.400. The number of nitrogens with one attached hydrogen (secondary N) is 1. The summed E-state index contributed by atoms with van der Waals surface area (Å²) in [6.45, 7) is 2.76. The summed E-state index contributed by atoms with van der Waals surface area (Å²) in [6.07, 6.45) is 3.90. The third-order valence-corrected chi connectivity index (χ3v) is 5.81. The Morgan fingerprint density at radius 2 is 1.79 bits per heavy atom. The average Bonchev–Trinajstić information content (AvgIpc) is 3.55. The van der Waals surface area contributed by atoms with Crippen molar-refractivity contribution in [1.29, 1.82) is 0 Å². The number of carbonyl (C=O) groups excluding carboxylic acids is 1. The predicted molar refractivity (Wildman–Crippen MR) is 126 cm³/mol. The molecule has 0 saturated carbocycles. The lowest BCUT2D eigenvalue weighted by Crippen LogP contribution is -2.25. The molecule has 1 saturated heterocycles. The summed E-state index contributed by atoms with van der Waals surface area (Å²) in [7, 11) is 3.21. The Morgan fingerprint density at radius 3 is 2.52 bits per heavy atom. The van der Waals surface area contributed by atoms with Crippen molar-refractivity contribution < 1.29 is 18.8 Å². The van der Waals surface area contributed by atoms with Crippen LogP contribution >= 0.6 is 0 Å². The Hall–Kier alpha value is -3.55. The van der Waals surface area contributed by atoms with E-state index in [9.17, 15) is 4.79 Å². The summed E-state index contributed by atoms with van der Waals surface area (Å²) in [5, 5.41) is 7.00. The summed E-state index contributed by atoms with van der Waals surface area (Å²) < 4.78 is 15.9. The number of aromatic nitrogens is 2. The van der Waals surface area contributed by atoms with Crippen molar-refractivity contribution in [3.63, 3.8) is 0 Å². The second kappa shape index (κ2) is 10.8. The fourth-order valence-corrected chi connectivity index (χ4v) is 3.96. The van der Waals surface area contributed by atoms with E-state index in [-0.39, 0.29) is 5.91 Å². The van der Waals surface area contributed by atoms with Crippen LogP contribution in [-0.4, -0.2) is 49.9 Å². The first-order valence-corrected chi connectivity index (χ1v) is 11.3. The van der Waals surface area contributed by atoms with Crippen molar-refractivity contribution >= 4 is 11.6 Å². The number of methoxy groups -OCH3 is 2.